The van der Waals surface area contributed by atoms with Crippen molar-refractivity contribution in [2.45, 2.75) is 18.9 Å². The summed E-state index contributed by atoms with van der Waals surface area (Å²) in [6.45, 7) is 0.357. The fourth-order valence-electron chi connectivity index (χ4n) is 2.72. The minimum Gasteiger partial charge on any atom is -0.478 e. The molecule has 7 nitrogen and oxygen atoms in total. The Morgan fingerprint density at radius 2 is 2.08 bits per heavy atom. The molecule has 8 heteroatoms. The summed E-state index contributed by atoms with van der Waals surface area (Å²) in [5.74, 6) is -3.05. The number of piperidine rings is 1. The number of hydrogen-bond acceptors (Lipinski definition) is 4. The first kappa shape index (κ1) is 16.7. The van der Waals surface area contributed by atoms with Crippen LogP contribution < -0.4 is 10.2 Å². The topological polar surface area (TPSA) is 99.8 Å². The summed E-state index contributed by atoms with van der Waals surface area (Å²) < 4.78 is 18.8. The number of hydrogen-bond donors (Lipinski definition) is 2. The third-order valence-electron chi connectivity index (χ3n) is 3.96. The highest BCUT2D eigenvalue weighted by Crippen LogP contribution is 2.24. The molecule has 2 heterocycles. The number of nitrogens with one attached hydrogen (secondary N) is 1. The molecule has 2 aromatic rings. The van der Waals surface area contributed by atoms with Crippen LogP contribution in [0.25, 0.3) is 0 Å². The highest BCUT2D eigenvalue weighted by Gasteiger charge is 2.32. The molecule has 1 aromatic carbocycles. The van der Waals surface area contributed by atoms with Gasteiger partial charge in [-0.3, -0.25) is 9.59 Å². The Morgan fingerprint density at radius 3 is 2.76 bits per heavy atom. The van der Waals surface area contributed by atoms with Crippen molar-refractivity contribution in [3.63, 3.8) is 0 Å². The predicted molar refractivity (Wildman–Crippen MR) is 84.9 cm³/mol. The van der Waals surface area contributed by atoms with Crippen LogP contribution in [0, 0.1) is 5.82 Å². The number of halogens is 1. The van der Waals surface area contributed by atoms with E-state index in [1.165, 1.54) is 23.1 Å². The number of carboxylic acid groups (broad SMARTS) is 1. The van der Waals surface area contributed by atoms with Crippen LogP contribution >= 0.6 is 0 Å². The van der Waals surface area contributed by atoms with Gasteiger partial charge in [0.05, 0.1) is 11.3 Å². The van der Waals surface area contributed by atoms with E-state index in [4.69, 9.17) is 9.52 Å². The standard InChI is InChI=1S/C17H15FN2O5/c18-11-4-1-2-6-13(11)20-7-3-5-12(16(20)22)19-15(21)14-8-10(9-25-14)17(23)24/h1-2,4,6,8-9,12H,3,5,7H2,(H,19,21)(H,23,24). The molecule has 0 aliphatic carbocycles. The van der Waals surface area contributed by atoms with Gasteiger partial charge in [-0.1, -0.05) is 12.1 Å². The summed E-state index contributed by atoms with van der Waals surface area (Å²) in [7, 11) is 0. The van der Waals surface area contributed by atoms with Gasteiger partial charge in [0.25, 0.3) is 5.91 Å². The van der Waals surface area contributed by atoms with Crippen molar-refractivity contribution < 1.29 is 28.3 Å². The molecule has 1 unspecified atom stereocenters. The van der Waals surface area contributed by atoms with Crippen molar-refractivity contribution in [1.82, 2.24) is 5.32 Å². The van der Waals surface area contributed by atoms with Crippen LogP contribution in [-0.2, 0) is 4.79 Å². The molecule has 25 heavy (non-hydrogen) atoms. The van der Waals surface area contributed by atoms with Crippen LogP contribution in [-0.4, -0.2) is 35.5 Å². The number of carbonyl (C=O) groups is 3. The van der Waals surface area contributed by atoms with Crippen molar-refractivity contribution in [3.8, 4) is 0 Å². The molecule has 2 amide bonds. The van der Waals surface area contributed by atoms with Gasteiger partial charge in [0.1, 0.15) is 18.1 Å². The quantitative estimate of drug-likeness (QED) is 0.882. The fourth-order valence-corrected chi connectivity index (χ4v) is 2.72. The summed E-state index contributed by atoms with van der Waals surface area (Å²) >= 11 is 0. The minimum atomic E-state index is -1.22. The van der Waals surface area contributed by atoms with Gasteiger partial charge in [-0.05, 0) is 25.0 Å². The summed E-state index contributed by atoms with van der Waals surface area (Å²) in [6, 6.07) is 6.18. The second-order valence-electron chi connectivity index (χ2n) is 5.61. The number of furan rings is 1. The minimum absolute atomic E-state index is 0.159. The SMILES string of the molecule is O=C(O)c1coc(C(=O)NC2CCCN(c3ccccc3F)C2=O)c1. The first-order chi connectivity index (χ1) is 12.0. The van der Waals surface area contributed by atoms with Crippen LogP contribution in [0.5, 0.6) is 0 Å². The zero-order chi connectivity index (χ0) is 18.0. The van der Waals surface area contributed by atoms with Crippen molar-refractivity contribution in [3.05, 3.63) is 53.7 Å². The van der Waals surface area contributed by atoms with Crippen molar-refractivity contribution in [1.29, 1.82) is 0 Å². The highest BCUT2D eigenvalue weighted by atomic mass is 19.1. The van der Waals surface area contributed by atoms with Gasteiger partial charge in [-0.25, -0.2) is 9.18 Å². The van der Waals surface area contributed by atoms with E-state index < -0.39 is 29.6 Å². The Bertz CT molecular complexity index is 832. The average molecular weight is 346 g/mol. The van der Waals surface area contributed by atoms with E-state index in [-0.39, 0.29) is 17.0 Å². The lowest BCUT2D eigenvalue weighted by Crippen LogP contribution is -2.52. The molecule has 2 N–H and O–H groups in total. The second kappa shape index (κ2) is 6.76. The Hall–Kier alpha value is -3.16. The van der Waals surface area contributed by atoms with Crippen LogP contribution in [0.3, 0.4) is 0 Å². The monoisotopic (exact) mass is 346 g/mol. The van der Waals surface area contributed by atoms with Gasteiger partial charge < -0.3 is 19.7 Å². The van der Waals surface area contributed by atoms with E-state index in [2.05, 4.69) is 5.32 Å². The van der Waals surface area contributed by atoms with Crippen LogP contribution in [0.15, 0.2) is 41.0 Å². The molecule has 0 spiro atoms. The number of carbonyl (C=O) groups excluding carboxylic acids is 2. The number of rotatable bonds is 4. The molecule has 0 bridgehead atoms. The molecule has 1 fully saturated rings. The van der Waals surface area contributed by atoms with Gasteiger partial charge in [-0.2, -0.15) is 0 Å². The number of para-hydroxylation sites is 1. The van der Waals surface area contributed by atoms with E-state index >= 15 is 0 Å². The molecule has 1 atom stereocenters. The van der Waals surface area contributed by atoms with Gasteiger partial charge in [0, 0.05) is 12.6 Å². The highest BCUT2D eigenvalue weighted by molar-refractivity contribution is 6.02. The molecule has 1 aromatic heterocycles. The van der Waals surface area contributed by atoms with Crippen LogP contribution in [0.1, 0.15) is 33.8 Å². The maximum Gasteiger partial charge on any atom is 0.338 e. The Morgan fingerprint density at radius 1 is 1.32 bits per heavy atom. The van der Waals surface area contributed by atoms with Gasteiger partial charge in [-0.15, -0.1) is 0 Å². The summed E-state index contributed by atoms with van der Waals surface area (Å²) in [5.41, 5.74) is 0.00529. The molecular formula is C17H15FN2O5. The maximum atomic E-state index is 13.9. The molecule has 0 saturated carbocycles. The normalized spacial score (nSPS) is 17.4. The Labute approximate surface area is 142 Å². The fraction of sp³-hybridized carbons (Fsp3) is 0.235. The number of amides is 2. The van der Waals surface area contributed by atoms with Gasteiger partial charge >= 0.3 is 5.97 Å². The summed E-state index contributed by atoms with van der Waals surface area (Å²) in [4.78, 5) is 36.9. The zero-order valence-electron chi connectivity index (χ0n) is 13.1. The van der Waals surface area contributed by atoms with E-state index in [9.17, 15) is 18.8 Å². The van der Waals surface area contributed by atoms with Gasteiger partial charge in [0.2, 0.25) is 5.91 Å². The third-order valence-corrected chi connectivity index (χ3v) is 3.96. The number of aromatic carboxylic acids is 1. The molecule has 0 radical (unpaired) electrons. The largest absolute Gasteiger partial charge is 0.478 e. The van der Waals surface area contributed by atoms with Crippen molar-refractivity contribution in [2.24, 2.45) is 0 Å². The molecule has 1 saturated heterocycles. The first-order valence-corrected chi connectivity index (χ1v) is 7.66. The number of nitrogens with zero attached hydrogens (tertiary/aromatic N) is 1. The summed E-state index contributed by atoms with van der Waals surface area (Å²) in [6.07, 6.45) is 1.94. The molecule has 3 rings (SSSR count). The number of anilines is 1. The van der Waals surface area contributed by atoms with Gasteiger partial charge in [0.15, 0.2) is 5.76 Å². The second-order valence-corrected chi connectivity index (χ2v) is 5.61. The predicted octanol–water partition coefficient (Wildman–Crippen LogP) is 2.04. The van der Waals surface area contributed by atoms with E-state index in [1.54, 1.807) is 6.07 Å². The van der Waals surface area contributed by atoms with Crippen molar-refractivity contribution in [2.75, 3.05) is 11.4 Å². The molecule has 1 aliphatic heterocycles. The van der Waals surface area contributed by atoms with Crippen molar-refractivity contribution >= 4 is 23.5 Å². The number of carboxylic acids is 1. The lowest BCUT2D eigenvalue weighted by molar-refractivity contribution is -0.121. The van der Waals surface area contributed by atoms with E-state index in [1.807, 2.05) is 0 Å². The third kappa shape index (κ3) is 3.37. The molecule has 130 valence electrons. The smallest absolute Gasteiger partial charge is 0.338 e. The molecular weight excluding hydrogens is 331 g/mol. The van der Waals surface area contributed by atoms with Crippen LogP contribution in [0.2, 0.25) is 0 Å². The Kier molecular flexibility index (Phi) is 4.51. The lowest BCUT2D eigenvalue weighted by Gasteiger charge is -2.32. The Balaban J connectivity index is 1.74. The zero-order valence-corrected chi connectivity index (χ0v) is 13.1. The van der Waals surface area contributed by atoms with Crippen LogP contribution in [0.4, 0.5) is 10.1 Å². The van der Waals surface area contributed by atoms with E-state index in [0.29, 0.717) is 19.4 Å². The average Bonchev–Trinajstić information content (AvgIpc) is 3.08. The maximum absolute atomic E-state index is 13.9. The summed E-state index contributed by atoms with van der Waals surface area (Å²) in [5, 5.41) is 11.4. The van der Waals surface area contributed by atoms with E-state index in [0.717, 1.165) is 12.3 Å². The lowest BCUT2D eigenvalue weighted by atomic mass is 10.0. The number of benzene rings is 1. The molecule has 1 aliphatic rings. The first-order valence-electron chi connectivity index (χ1n) is 7.66.